The number of halogens is 1. The van der Waals surface area contributed by atoms with Gasteiger partial charge in [0, 0.05) is 13.5 Å². The van der Waals surface area contributed by atoms with Gasteiger partial charge in [-0.25, -0.2) is 0 Å². The van der Waals surface area contributed by atoms with E-state index in [0.29, 0.717) is 17.8 Å². The molecule has 0 amide bonds. The van der Waals surface area contributed by atoms with Crippen LogP contribution in [0.15, 0.2) is 36.4 Å². The van der Waals surface area contributed by atoms with Crippen LogP contribution in [0.25, 0.3) is 11.1 Å². The number of rotatable bonds is 8. The topological polar surface area (TPSA) is 0 Å². The van der Waals surface area contributed by atoms with Crippen molar-refractivity contribution < 1.29 is 18.2 Å². The zero-order valence-corrected chi connectivity index (χ0v) is 30.2. The van der Waals surface area contributed by atoms with Gasteiger partial charge in [0.1, 0.15) is 0 Å². The molecule has 0 unspecified atom stereocenters. The second-order valence-corrected chi connectivity index (χ2v) is 16.1. The maximum absolute atomic E-state index is 4.49. The van der Waals surface area contributed by atoms with Crippen molar-refractivity contribution in [3.63, 3.8) is 0 Å². The summed E-state index contributed by atoms with van der Waals surface area (Å²) in [6.07, 6.45) is 18.0. The normalized spacial score (nSPS) is 16.7. The third-order valence-corrected chi connectivity index (χ3v) is 13.1. The second-order valence-electron chi connectivity index (χ2n) is 13.0. The van der Waals surface area contributed by atoms with Gasteiger partial charge in [-0.15, -0.1) is 0 Å². The van der Waals surface area contributed by atoms with Gasteiger partial charge >= 0.3 is 27.7 Å². The number of unbranched alkanes of at least 4 members (excludes halogenated alkanes) is 1. The molecule has 0 bridgehead atoms. The van der Waals surface area contributed by atoms with Crippen molar-refractivity contribution in [3.05, 3.63) is 59.5 Å². The predicted molar refractivity (Wildman–Crippen MR) is 182 cm³/mol. The van der Waals surface area contributed by atoms with Crippen LogP contribution in [0.5, 0.6) is 0 Å². The zero-order valence-electron chi connectivity index (χ0n) is 26.9. The van der Waals surface area contributed by atoms with E-state index in [4.69, 9.17) is 0 Å². The average molecular weight is 677 g/mol. The van der Waals surface area contributed by atoms with E-state index in [0.717, 1.165) is 11.3 Å². The molecule has 0 N–H and O–H groups in total. The molecule has 2 aromatic rings. The molecule has 228 valence electrons. The Morgan fingerprint density at radius 2 is 1.18 bits per heavy atom. The van der Waals surface area contributed by atoms with E-state index in [-0.39, 0.29) is 0 Å². The van der Waals surface area contributed by atoms with Crippen molar-refractivity contribution in [3.8, 4) is 11.1 Å². The van der Waals surface area contributed by atoms with Gasteiger partial charge in [0.15, 0.2) is 0 Å². The van der Waals surface area contributed by atoms with Gasteiger partial charge in [-0.1, -0.05) is 91.6 Å². The molecule has 2 aliphatic rings. The molecule has 0 nitrogen and oxygen atoms in total. The summed E-state index contributed by atoms with van der Waals surface area (Å²) in [6, 6.07) is 14.9. The molecule has 0 radical (unpaired) electrons. The van der Waals surface area contributed by atoms with Crippen LogP contribution in [0.3, 0.4) is 0 Å². The van der Waals surface area contributed by atoms with Crippen LogP contribution in [0.1, 0.15) is 160 Å². The van der Waals surface area contributed by atoms with Crippen molar-refractivity contribution in [1.82, 2.24) is 0 Å². The third kappa shape index (κ3) is 9.94. The van der Waals surface area contributed by atoms with Crippen LogP contribution < -0.4 is 5.30 Å². The van der Waals surface area contributed by atoms with E-state index in [9.17, 15) is 0 Å². The van der Waals surface area contributed by atoms with Crippen LogP contribution in [0.4, 0.5) is 0 Å². The summed E-state index contributed by atoms with van der Waals surface area (Å²) in [7, 11) is 3.88. The summed E-state index contributed by atoms with van der Waals surface area (Å²) in [6.45, 7) is 18.5. The molecule has 0 aromatic heterocycles. The fourth-order valence-corrected chi connectivity index (χ4v) is 11.2. The van der Waals surface area contributed by atoms with E-state index >= 15 is 0 Å². The molecule has 3 heteroatoms. The first-order chi connectivity index (χ1) is 19.3. The standard InChI is InChI=1S/C33H49P.C4H9.ClH.Pd/c1-23(2)26-21-30(24(3)4)33(31(22-26)25(5)6)29-19-13-14-20-32(29)34(27-15-9-7-10-16-27)28-17-11-8-12-18-28;1-3-4-2;;/h13-14,19-25,27-28H,7-12,15-18H2,1-6H3;3H,4H2,1-2H3;1H;/q;-1;;+2. The molecule has 4 rings (SSSR count). The van der Waals surface area contributed by atoms with E-state index in [2.05, 4.69) is 126 Å². The van der Waals surface area contributed by atoms with Crippen LogP contribution >= 0.6 is 17.5 Å². The maximum atomic E-state index is 4.49. The Hall–Kier alpha value is -0.178. The predicted octanol–water partition coefficient (Wildman–Crippen LogP) is 12.5. The summed E-state index contributed by atoms with van der Waals surface area (Å²) in [5.74, 6) is 1.65. The molecule has 2 aromatic carbocycles. The molecule has 2 saturated carbocycles. The first kappa shape index (κ1) is 36.0. The van der Waals surface area contributed by atoms with Crippen molar-refractivity contribution >= 4 is 22.8 Å². The molecular formula is C37H59ClPPd+. The fourth-order valence-electron chi connectivity index (χ4n) is 6.82. The monoisotopic (exact) mass is 675 g/mol. The van der Waals surface area contributed by atoms with E-state index in [1.165, 1.54) is 76.2 Å². The molecule has 2 fully saturated rings. The van der Waals surface area contributed by atoms with Gasteiger partial charge in [-0.05, 0) is 97.4 Å². The molecule has 40 heavy (non-hydrogen) atoms. The van der Waals surface area contributed by atoms with Gasteiger partial charge in [0.2, 0.25) is 0 Å². The quantitative estimate of drug-likeness (QED) is 0.148. The first-order valence-electron chi connectivity index (χ1n) is 16.3. The molecule has 0 spiro atoms. The minimum atomic E-state index is -0.610. The van der Waals surface area contributed by atoms with Crippen LogP contribution in [0, 0.1) is 6.42 Å². The fraction of sp³-hybridized carbons (Fsp3) is 0.649. The summed E-state index contributed by atoms with van der Waals surface area (Å²) in [4.78, 5) is 0. The minimum absolute atomic E-state index is 0.541. The molecule has 2 aliphatic carbocycles. The van der Waals surface area contributed by atoms with Gasteiger partial charge in [0.25, 0.3) is 0 Å². The van der Waals surface area contributed by atoms with E-state index in [1.807, 2.05) is 0 Å². The van der Waals surface area contributed by atoms with E-state index in [1.54, 1.807) is 27.6 Å². The molecule has 0 heterocycles. The van der Waals surface area contributed by atoms with Crippen molar-refractivity contribution in [1.29, 1.82) is 0 Å². The third-order valence-electron chi connectivity index (χ3n) is 9.14. The number of hydrogen-bond acceptors (Lipinski definition) is 0. The van der Waals surface area contributed by atoms with Crippen molar-refractivity contribution in [2.45, 2.75) is 155 Å². The zero-order chi connectivity index (χ0) is 29.7. The summed E-state index contributed by atoms with van der Waals surface area (Å²) < 4.78 is 0. The first-order valence-corrected chi connectivity index (χ1v) is 20.0. The average Bonchev–Trinajstić information content (AvgIpc) is 2.99. The Morgan fingerprint density at radius 1 is 0.750 bits per heavy atom. The second kappa shape index (κ2) is 19.2. The molecule has 0 saturated heterocycles. The van der Waals surface area contributed by atoms with Gasteiger partial charge < -0.3 is 6.42 Å². The SMILES string of the molecule is CC(C)c1cc(C(C)C)c(-c2ccccc2[PH+](C2CCCCC2)C2CCCCC2)c(C(C)C)c1.C[CH-]CC.[Cl][Pd+]. The Labute approximate surface area is 265 Å². The molecular weight excluding hydrogens is 617 g/mol. The Kier molecular flexibility index (Phi) is 17.3. The van der Waals surface area contributed by atoms with E-state index < -0.39 is 7.92 Å². The van der Waals surface area contributed by atoms with Crippen LogP contribution in [0.2, 0.25) is 0 Å². The Bertz CT molecular complexity index is 921. The Morgan fingerprint density at radius 3 is 1.55 bits per heavy atom. The number of hydrogen-bond donors (Lipinski definition) is 0. The van der Waals surface area contributed by atoms with Crippen molar-refractivity contribution in [2.24, 2.45) is 0 Å². The Balaban J connectivity index is 0.000000858. The summed E-state index contributed by atoms with van der Waals surface area (Å²) >= 11 is 2.22. The summed E-state index contributed by atoms with van der Waals surface area (Å²) in [5, 5.41) is 1.78. The van der Waals surface area contributed by atoms with Crippen molar-refractivity contribution in [2.75, 3.05) is 0 Å². The van der Waals surface area contributed by atoms with Gasteiger partial charge in [-0.2, -0.15) is 13.3 Å². The van der Waals surface area contributed by atoms with Crippen LogP contribution in [-0.2, 0) is 18.2 Å². The van der Waals surface area contributed by atoms with Gasteiger partial charge in [0.05, 0.1) is 16.6 Å². The number of benzene rings is 2. The molecule has 0 aliphatic heterocycles. The molecule has 0 atom stereocenters. The summed E-state index contributed by atoms with van der Waals surface area (Å²) in [5.41, 5.74) is 9.82. The van der Waals surface area contributed by atoms with Gasteiger partial charge in [-0.3, -0.25) is 0 Å². The van der Waals surface area contributed by atoms with Crippen LogP contribution in [-0.4, -0.2) is 11.3 Å².